The number of carbonyl (C=O) groups excluding carboxylic acids is 2. The van der Waals surface area contributed by atoms with Gasteiger partial charge in [-0.3, -0.25) is 14.9 Å². The molecular weight excluding hydrogens is 322 g/mol. The average Bonchev–Trinajstić information content (AvgIpc) is 2.96. The number of hydrogen-bond acceptors (Lipinski definition) is 4. The minimum atomic E-state index is -0.292. The SMILES string of the molecule is CCC(C)NC(=O)c1csc(NC(=O)c2ccc(Cl)cc2)n1. The molecule has 1 atom stereocenters. The van der Waals surface area contributed by atoms with Gasteiger partial charge in [0.1, 0.15) is 5.69 Å². The average molecular weight is 338 g/mol. The van der Waals surface area contributed by atoms with Crippen LogP contribution in [0.4, 0.5) is 5.13 Å². The van der Waals surface area contributed by atoms with Gasteiger partial charge in [0, 0.05) is 22.0 Å². The molecule has 0 aliphatic rings. The maximum atomic E-state index is 12.0. The smallest absolute Gasteiger partial charge is 0.271 e. The van der Waals surface area contributed by atoms with E-state index in [2.05, 4.69) is 15.6 Å². The lowest BCUT2D eigenvalue weighted by Gasteiger charge is -2.09. The molecule has 0 spiro atoms. The quantitative estimate of drug-likeness (QED) is 0.876. The fraction of sp³-hybridized carbons (Fsp3) is 0.267. The largest absolute Gasteiger partial charge is 0.348 e. The van der Waals surface area contributed by atoms with Crippen LogP contribution in [0.5, 0.6) is 0 Å². The molecule has 2 amide bonds. The van der Waals surface area contributed by atoms with Crippen LogP contribution in [-0.4, -0.2) is 22.8 Å². The van der Waals surface area contributed by atoms with E-state index >= 15 is 0 Å². The van der Waals surface area contributed by atoms with Crippen LogP contribution in [0.2, 0.25) is 5.02 Å². The van der Waals surface area contributed by atoms with Gasteiger partial charge in [0.05, 0.1) is 0 Å². The number of benzene rings is 1. The van der Waals surface area contributed by atoms with Crippen LogP contribution < -0.4 is 10.6 Å². The van der Waals surface area contributed by atoms with E-state index in [4.69, 9.17) is 11.6 Å². The van der Waals surface area contributed by atoms with Crippen molar-refractivity contribution in [3.8, 4) is 0 Å². The Morgan fingerprint density at radius 2 is 1.95 bits per heavy atom. The zero-order valence-electron chi connectivity index (χ0n) is 12.2. The van der Waals surface area contributed by atoms with Gasteiger partial charge in [-0.15, -0.1) is 11.3 Å². The highest BCUT2D eigenvalue weighted by Gasteiger charge is 2.14. The van der Waals surface area contributed by atoms with Crippen LogP contribution in [0, 0.1) is 0 Å². The lowest BCUT2D eigenvalue weighted by molar-refractivity contribution is 0.0933. The molecule has 1 unspecified atom stereocenters. The fourth-order valence-corrected chi connectivity index (χ4v) is 2.42. The number of carbonyl (C=O) groups is 2. The molecule has 22 heavy (non-hydrogen) atoms. The van der Waals surface area contributed by atoms with Gasteiger partial charge < -0.3 is 5.32 Å². The lowest BCUT2D eigenvalue weighted by Crippen LogP contribution is -2.32. The molecule has 0 saturated carbocycles. The van der Waals surface area contributed by atoms with E-state index in [1.165, 1.54) is 11.3 Å². The highest BCUT2D eigenvalue weighted by atomic mass is 35.5. The second kappa shape index (κ2) is 7.38. The molecule has 2 aromatic rings. The van der Waals surface area contributed by atoms with E-state index < -0.39 is 0 Å². The van der Waals surface area contributed by atoms with Gasteiger partial charge in [0.15, 0.2) is 5.13 Å². The molecule has 7 heteroatoms. The molecule has 0 aliphatic carbocycles. The van der Waals surface area contributed by atoms with Crippen LogP contribution in [0.1, 0.15) is 41.1 Å². The first-order chi connectivity index (χ1) is 10.5. The van der Waals surface area contributed by atoms with Gasteiger partial charge in [-0.25, -0.2) is 4.98 Å². The number of halogens is 1. The van der Waals surface area contributed by atoms with Gasteiger partial charge >= 0.3 is 0 Å². The molecule has 1 aromatic carbocycles. The Labute approximate surface area is 137 Å². The molecule has 116 valence electrons. The monoisotopic (exact) mass is 337 g/mol. The molecule has 0 aliphatic heterocycles. The van der Waals surface area contributed by atoms with Crippen LogP contribution >= 0.6 is 22.9 Å². The van der Waals surface area contributed by atoms with Gasteiger partial charge in [-0.2, -0.15) is 0 Å². The topological polar surface area (TPSA) is 71.1 Å². The summed E-state index contributed by atoms with van der Waals surface area (Å²) in [6.45, 7) is 3.91. The van der Waals surface area contributed by atoms with Crippen molar-refractivity contribution in [3.05, 3.63) is 45.9 Å². The normalized spacial score (nSPS) is 11.8. The highest BCUT2D eigenvalue weighted by molar-refractivity contribution is 7.14. The highest BCUT2D eigenvalue weighted by Crippen LogP contribution is 2.17. The minimum Gasteiger partial charge on any atom is -0.348 e. The van der Waals surface area contributed by atoms with Crippen molar-refractivity contribution >= 4 is 39.9 Å². The third kappa shape index (κ3) is 4.29. The molecule has 0 fully saturated rings. The first kappa shape index (κ1) is 16.5. The van der Waals surface area contributed by atoms with E-state index in [9.17, 15) is 9.59 Å². The molecule has 1 aromatic heterocycles. The molecule has 1 heterocycles. The minimum absolute atomic E-state index is 0.0845. The molecular formula is C15H16ClN3O2S. The lowest BCUT2D eigenvalue weighted by atomic mass is 10.2. The number of amides is 2. The Morgan fingerprint density at radius 1 is 1.27 bits per heavy atom. The Hall–Kier alpha value is -1.92. The summed E-state index contributed by atoms with van der Waals surface area (Å²) in [5.74, 6) is -0.530. The Bertz CT molecular complexity index is 670. The number of nitrogens with one attached hydrogen (secondary N) is 2. The summed E-state index contributed by atoms with van der Waals surface area (Å²) in [6.07, 6.45) is 0.843. The summed E-state index contributed by atoms with van der Waals surface area (Å²) in [7, 11) is 0. The van der Waals surface area contributed by atoms with Crippen molar-refractivity contribution in [2.45, 2.75) is 26.3 Å². The summed E-state index contributed by atoms with van der Waals surface area (Å²) in [5.41, 5.74) is 0.780. The summed E-state index contributed by atoms with van der Waals surface area (Å²) in [6, 6.07) is 6.62. The van der Waals surface area contributed by atoms with Crippen LogP contribution in [-0.2, 0) is 0 Å². The van der Waals surface area contributed by atoms with Gasteiger partial charge in [0.2, 0.25) is 0 Å². The fourth-order valence-electron chi connectivity index (χ4n) is 1.61. The van der Waals surface area contributed by atoms with Crippen molar-refractivity contribution < 1.29 is 9.59 Å². The van der Waals surface area contributed by atoms with E-state index in [-0.39, 0.29) is 17.9 Å². The zero-order valence-corrected chi connectivity index (χ0v) is 13.8. The molecule has 5 nitrogen and oxygen atoms in total. The third-order valence-electron chi connectivity index (χ3n) is 3.05. The second-order valence-electron chi connectivity index (χ2n) is 4.78. The predicted molar refractivity (Wildman–Crippen MR) is 88.7 cm³/mol. The summed E-state index contributed by atoms with van der Waals surface area (Å²) < 4.78 is 0. The third-order valence-corrected chi connectivity index (χ3v) is 4.06. The van der Waals surface area contributed by atoms with Gasteiger partial charge in [-0.1, -0.05) is 18.5 Å². The van der Waals surface area contributed by atoms with Crippen molar-refractivity contribution in [2.24, 2.45) is 0 Å². The van der Waals surface area contributed by atoms with Crippen LogP contribution in [0.15, 0.2) is 29.6 Å². The zero-order chi connectivity index (χ0) is 16.1. The maximum Gasteiger partial charge on any atom is 0.271 e. The first-order valence-corrected chi connectivity index (χ1v) is 8.08. The number of rotatable bonds is 5. The molecule has 0 radical (unpaired) electrons. The Balaban J connectivity index is 2.01. The van der Waals surface area contributed by atoms with E-state index in [1.807, 2.05) is 13.8 Å². The van der Waals surface area contributed by atoms with Crippen molar-refractivity contribution in [2.75, 3.05) is 5.32 Å². The summed E-state index contributed by atoms with van der Waals surface area (Å²) in [4.78, 5) is 28.1. The van der Waals surface area contributed by atoms with Crippen molar-refractivity contribution in [1.29, 1.82) is 0 Å². The van der Waals surface area contributed by atoms with Gasteiger partial charge in [0.25, 0.3) is 11.8 Å². The van der Waals surface area contributed by atoms with Gasteiger partial charge in [-0.05, 0) is 37.6 Å². The molecule has 2 rings (SSSR count). The summed E-state index contributed by atoms with van der Waals surface area (Å²) >= 11 is 6.99. The number of aromatic nitrogens is 1. The predicted octanol–water partition coefficient (Wildman–Crippen LogP) is 3.58. The second-order valence-corrected chi connectivity index (χ2v) is 6.08. The number of nitrogens with zero attached hydrogens (tertiary/aromatic N) is 1. The van der Waals surface area contributed by atoms with E-state index in [1.54, 1.807) is 29.6 Å². The van der Waals surface area contributed by atoms with E-state index in [0.29, 0.717) is 21.4 Å². The molecule has 0 bridgehead atoms. The Kier molecular flexibility index (Phi) is 5.51. The number of hydrogen-bond donors (Lipinski definition) is 2. The summed E-state index contributed by atoms with van der Waals surface area (Å²) in [5, 5.41) is 8.06. The molecule has 2 N–H and O–H groups in total. The van der Waals surface area contributed by atoms with Crippen molar-refractivity contribution in [1.82, 2.24) is 10.3 Å². The standard InChI is InChI=1S/C15H16ClN3O2S/c1-3-9(2)17-14(21)12-8-22-15(18-12)19-13(20)10-4-6-11(16)7-5-10/h4-9H,3H2,1-2H3,(H,17,21)(H,18,19,20). The van der Waals surface area contributed by atoms with Crippen LogP contribution in [0.25, 0.3) is 0 Å². The Morgan fingerprint density at radius 3 is 2.59 bits per heavy atom. The molecule has 0 saturated heterocycles. The maximum absolute atomic E-state index is 12.0. The van der Waals surface area contributed by atoms with Crippen LogP contribution in [0.3, 0.4) is 0 Å². The number of thiazole rings is 1. The number of anilines is 1. The van der Waals surface area contributed by atoms with E-state index in [0.717, 1.165) is 6.42 Å². The first-order valence-electron chi connectivity index (χ1n) is 6.83. The van der Waals surface area contributed by atoms with Crippen molar-refractivity contribution in [3.63, 3.8) is 0 Å².